The van der Waals surface area contributed by atoms with Crippen LogP contribution >= 0.6 is 0 Å². The van der Waals surface area contributed by atoms with E-state index in [0.29, 0.717) is 11.3 Å². The fourth-order valence-corrected chi connectivity index (χ4v) is 4.69. The molecule has 1 saturated heterocycles. The summed E-state index contributed by atoms with van der Waals surface area (Å²) in [6.07, 6.45) is 5.32. The zero-order valence-corrected chi connectivity index (χ0v) is 18.5. The molecular weight excluding hydrogens is 424 g/mol. The van der Waals surface area contributed by atoms with Crippen LogP contribution in [0.1, 0.15) is 35.2 Å². The number of pyridine rings is 1. The standard InChI is InChI=1S/C24H26N4O3S/c29-24(20-9-7-19(8-10-20)18-28-16-4-1-5-17-28)26-21-11-13-22(14-12-21)32(30,31)27-23-6-2-3-15-25-23/h2-3,6-15H,1,4-5,16-18H2,(H,25,27)(H,26,29). The number of hydrogen-bond acceptors (Lipinski definition) is 5. The van der Waals surface area contributed by atoms with E-state index < -0.39 is 10.0 Å². The van der Waals surface area contributed by atoms with Crippen LogP contribution in [0.2, 0.25) is 0 Å². The number of likely N-dealkylation sites (tertiary alicyclic amines) is 1. The SMILES string of the molecule is O=C(Nc1ccc(S(=O)(=O)Nc2ccccn2)cc1)c1ccc(CN2CCCCC2)cc1. The zero-order valence-electron chi connectivity index (χ0n) is 17.7. The Hall–Kier alpha value is -3.23. The smallest absolute Gasteiger partial charge is 0.263 e. The summed E-state index contributed by atoms with van der Waals surface area (Å²) in [6, 6.07) is 18.6. The van der Waals surface area contributed by atoms with Gasteiger partial charge >= 0.3 is 0 Å². The van der Waals surface area contributed by atoms with Gasteiger partial charge in [0.15, 0.2) is 0 Å². The first-order chi connectivity index (χ1) is 15.5. The molecule has 0 bridgehead atoms. The van der Waals surface area contributed by atoms with E-state index in [-0.39, 0.29) is 16.6 Å². The molecule has 0 spiro atoms. The van der Waals surface area contributed by atoms with Gasteiger partial charge in [0.2, 0.25) is 0 Å². The highest BCUT2D eigenvalue weighted by molar-refractivity contribution is 7.92. The van der Waals surface area contributed by atoms with Crippen molar-refractivity contribution in [2.24, 2.45) is 0 Å². The van der Waals surface area contributed by atoms with Gasteiger partial charge in [0.05, 0.1) is 4.90 Å². The molecule has 2 N–H and O–H groups in total. The topological polar surface area (TPSA) is 91.4 Å². The molecule has 4 rings (SSSR count). The normalized spacial score (nSPS) is 14.6. The number of carbonyl (C=O) groups excluding carboxylic acids is 1. The Morgan fingerprint density at radius 1 is 0.906 bits per heavy atom. The van der Waals surface area contributed by atoms with Crippen LogP contribution in [0.3, 0.4) is 0 Å². The Labute approximate surface area is 188 Å². The number of sulfonamides is 1. The van der Waals surface area contributed by atoms with Crippen molar-refractivity contribution in [1.82, 2.24) is 9.88 Å². The minimum absolute atomic E-state index is 0.0863. The predicted molar refractivity (Wildman–Crippen MR) is 125 cm³/mol. The van der Waals surface area contributed by atoms with Gasteiger partial charge in [0.1, 0.15) is 5.82 Å². The fourth-order valence-electron chi connectivity index (χ4n) is 3.68. The number of rotatable bonds is 7. The van der Waals surface area contributed by atoms with E-state index in [1.807, 2.05) is 24.3 Å². The van der Waals surface area contributed by atoms with Gasteiger partial charge in [-0.2, -0.15) is 0 Å². The average Bonchev–Trinajstić information content (AvgIpc) is 2.81. The first-order valence-corrected chi connectivity index (χ1v) is 12.1. The quantitative estimate of drug-likeness (QED) is 0.565. The average molecular weight is 451 g/mol. The lowest BCUT2D eigenvalue weighted by molar-refractivity contribution is 0.102. The lowest BCUT2D eigenvalue weighted by Gasteiger charge is -2.26. The maximum absolute atomic E-state index is 12.6. The van der Waals surface area contributed by atoms with Gasteiger partial charge in [0.25, 0.3) is 15.9 Å². The Kier molecular flexibility index (Phi) is 6.82. The van der Waals surface area contributed by atoms with Crippen molar-refractivity contribution in [2.45, 2.75) is 30.7 Å². The molecule has 0 radical (unpaired) electrons. The van der Waals surface area contributed by atoms with Gasteiger partial charge < -0.3 is 5.32 Å². The third-order valence-corrected chi connectivity index (χ3v) is 6.77. The van der Waals surface area contributed by atoms with Crippen LogP contribution in [0.4, 0.5) is 11.5 Å². The van der Waals surface area contributed by atoms with E-state index in [1.165, 1.54) is 43.2 Å². The van der Waals surface area contributed by atoms with E-state index in [4.69, 9.17) is 0 Å². The van der Waals surface area contributed by atoms with Gasteiger partial charge in [-0.15, -0.1) is 0 Å². The molecule has 0 aliphatic carbocycles. The van der Waals surface area contributed by atoms with Crippen LogP contribution in [0.25, 0.3) is 0 Å². The molecule has 1 amide bonds. The Bertz CT molecular complexity index is 1140. The summed E-state index contributed by atoms with van der Waals surface area (Å²) in [5.74, 6) is 0.00496. The Morgan fingerprint density at radius 2 is 1.62 bits per heavy atom. The van der Waals surface area contributed by atoms with Crippen LogP contribution in [0, 0.1) is 0 Å². The van der Waals surface area contributed by atoms with Gasteiger partial charge in [0, 0.05) is 24.0 Å². The highest BCUT2D eigenvalue weighted by atomic mass is 32.2. The molecule has 0 unspecified atom stereocenters. The van der Waals surface area contributed by atoms with E-state index >= 15 is 0 Å². The van der Waals surface area contributed by atoms with Crippen LogP contribution < -0.4 is 10.0 Å². The van der Waals surface area contributed by atoms with Crippen molar-refractivity contribution in [1.29, 1.82) is 0 Å². The molecule has 2 aromatic carbocycles. The van der Waals surface area contributed by atoms with Gasteiger partial charge in [-0.25, -0.2) is 13.4 Å². The fraction of sp³-hybridized carbons (Fsp3) is 0.250. The number of aromatic nitrogens is 1. The summed E-state index contributed by atoms with van der Waals surface area (Å²) in [5.41, 5.74) is 2.27. The molecule has 2 heterocycles. The lowest BCUT2D eigenvalue weighted by atomic mass is 10.1. The molecule has 1 aliphatic rings. The molecule has 1 fully saturated rings. The number of piperidine rings is 1. The molecule has 0 atom stereocenters. The number of carbonyl (C=O) groups is 1. The predicted octanol–water partition coefficient (Wildman–Crippen LogP) is 4.12. The molecule has 1 aliphatic heterocycles. The Morgan fingerprint density at radius 3 is 2.28 bits per heavy atom. The summed E-state index contributed by atoms with van der Waals surface area (Å²) in [4.78, 5) is 19.1. The number of nitrogens with zero attached hydrogens (tertiary/aromatic N) is 2. The number of hydrogen-bond donors (Lipinski definition) is 2. The zero-order chi connectivity index (χ0) is 22.4. The Balaban J connectivity index is 1.36. The lowest BCUT2D eigenvalue weighted by Crippen LogP contribution is -2.29. The molecule has 8 heteroatoms. The number of anilines is 2. The summed E-state index contributed by atoms with van der Waals surface area (Å²) in [7, 11) is -3.76. The molecule has 0 saturated carbocycles. The van der Waals surface area contributed by atoms with Crippen molar-refractivity contribution in [3.05, 3.63) is 84.1 Å². The monoisotopic (exact) mass is 450 g/mol. The van der Waals surface area contributed by atoms with E-state index in [9.17, 15) is 13.2 Å². The minimum Gasteiger partial charge on any atom is -0.322 e. The second-order valence-electron chi connectivity index (χ2n) is 7.83. The largest absolute Gasteiger partial charge is 0.322 e. The summed E-state index contributed by atoms with van der Waals surface area (Å²) < 4.78 is 27.4. The van der Waals surface area contributed by atoms with Crippen molar-refractivity contribution in [2.75, 3.05) is 23.1 Å². The van der Waals surface area contributed by atoms with Gasteiger partial charge in [-0.3, -0.25) is 14.4 Å². The minimum atomic E-state index is -3.76. The van der Waals surface area contributed by atoms with Crippen molar-refractivity contribution < 1.29 is 13.2 Å². The van der Waals surface area contributed by atoms with Crippen molar-refractivity contribution in [3.63, 3.8) is 0 Å². The van der Waals surface area contributed by atoms with Crippen LogP contribution in [-0.4, -0.2) is 37.3 Å². The first-order valence-electron chi connectivity index (χ1n) is 10.7. The summed E-state index contributed by atoms with van der Waals surface area (Å²) in [5, 5.41) is 2.81. The maximum atomic E-state index is 12.6. The van der Waals surface area contributed by atoms with Crippen LogP contribution in [0.15, 0.2) is 77.8 Å². The second-order valence-corrected chi connectivity index (χ2v) is 9.52. The molecule has 166 valence electrons. The third kappa shape index (κ3) is 5.72. The number of nitrogens with one attached hydrogen (secondary N) is 2. The summed E-state index contributed by atoms with van der Waals surface area (Å²) in [6.45, 7) is 3.17. The van der Waals surface area contributed by atoms with E-state index in [0.717, 1.165) is 19.6 Å². The highest BCUT2D eigenvalue weighted by Crippen LogP contribution is 2.18. The van der Waals surface area contributed by atoms with Gasteiger partial charge in [-0.1, -0.05) is 24.6 Å². The second kappa shape index (κ2) is 9.93. The van der Waals surface area contributed by atoms with E-state index in [2.05, 4.69) is 19.9 Å². The molecule has 32 heavy (non-hydrogen) atoms. The highest BCUT2D eigenvalue weighted by Gasteiger charge is 2.15. The van der Waals surface area contributed by atoms with Crippen LogP contribution in [0.5, 0.6) is 0 Å². The third-order valence-electron chi connectivity index (χ3n) is 5.40. The van der Waals surface area contributed by atoms with Crippen LogP contribution in [-0.2, 0) is 16.6 Å². The summed E-state index contributed by atoms with van der Waals surface area (Å²) >= 11 is 0. The molecule has 3 aromatic rings. The molecular formula is C24H26N4O3S. The molecule has 7 nitrogen and oxygen atoms in total. The van der Waals surface area contributed by atoms with Crippen molar-refractivity contribution in [3.8, 4) is 0 Å². The number of benzene rings is 2. The van der Waals surface area contributed by atoms with E-state index in [1.54, 1.807) is 30.3 Å². The van der Waals surface area contributed by atoms with Crippen molar-refractivity contribution >= 4 is 27.4 Å². The maximum Gasteiger partial charge on any atom is 0.263 e. The van der Waals surface area contributed by atoms with Gasteiger partial charge in [-0.05, 0) is 80.0 Å². The first kappa shape index (κ1) is 22.0. The molecule has 1 aromatic heterocycles. The number of amides is 1.